The molecule has 1 fully saturated rings. The summed E-state index contributed by atoms with van der Waals surface area (Å²) < 4.78 is 5.58. The maximum Gasteiger partial charge on any atom is 0.273 e. The van der Waals surface area contributed by atoms with Gasteiger partial charge in [0.05, 0.1) is 23.7 Å². The molecular formula is C23H34N4O2S2. The van der Waals surface area contributed by atoms with Crippen molar-refractivity contribution in [1.82, 2.24) is 20.2 Å². The highest BCUT2D eigenvalue weighted by Crippen LogP contribution is 2.30. The molecule has 31 heavy (non-hydrogen) atoms. The van der Waals surface area contributed by atoms with Crippen LogP contribution in [0.3, 0.4) is 0 Å². The molecule has 0 bridgehead atoms. The number of thiazole rings is 2. The number of ether oxygens (including phenoxy) is 1. The molecule has 0 unspecified atom stereocenters. The van der Waals surface area contributed by atoms with Crippen LogP contribution >= 0.6 is 22.7 Å². The van der Waals surface area contributed by atoms with E-state index in [0.717, 1.165) is 59.8 Å². The Kier molecular flexibility index (Phi) is 7.96. The van der Waals surface area contributed by atoms with Gasteiger partial charge in [-0.1, -0.05) is 11.3 Å². The molecule has 4 rings (SSSR count). The van der Waals surface area contributed by atoms with Gasteiger partial charge in [0.25, 0.3) is 5.19 Å². The fourth-order valence-corrected chi connectivity index (χ4v) is 6.48. The number of aromatic nitrogens is 2. The van der Waals surface area contributed by atoms with E-state index in [-0.39, 0.29) is 5.91 Å². The minimum Gasteiger partial charge on any atom is -0.470 e. The van der Waals surface area contributed by atoms with Crippen molar-refractivity contribution in [2.24, 2.45) is 5.92 Å². The molecule has 0 radical (unpaired) electrons. The SMILES string of the molecule is CCOc1nc2c(s1)CCN(CC[C@H]1CC[C@H](NC(=O)Cc3cnc(C)s3)CC1)CC2. The molecule has 0 spiro atoms. The van der Waals surface area contributed by atoms with E-state index < -0.39 is 0 Å². The molecule has 1 saturated carbocycles. The lowest BCUT2D eigenvalue weighted by Gasteiger charge is -2.30. The molecule has 2 aromatic heterocycles. The zero-order valence-electron chi connectivity index (χ0n) is 18.7. The number of fused-ring (bicyclic) bond motifs is 1. The van der Waals surface area contributed by atoms with E-state index >= 15 is 0 Å². The average molecular weight is 463 g/mol. The molecule has 1 aliphatic carbocycles. The van der Waals surface area contributed by atoms with Gasteiger partial charge in [0.15, 0.2) is 0 Å². The average Bonchev–Trinajstić information content (AvgIpc) is 3.28. The number of carbonyl (C=O) groups excluding carboxylic acids is 1. The van der Waals surface area contributed by atoms with Gasteiger partial charge in [-0.3, -0.25) is 4.79 Å². The fourth-order valence-electron chi connectivity index (χ4n) is 4.68. The molecule has 1 aliphatic heterocycles. The highest BCUT2D eigenvalue weighted by atomic mass is 32.1. The molecule has 1 N–H and O–H groups in total. The first kappa shape index (κ1) is 22.7. The van der Waals surface area contributed by atoms with E-state index in [1.54, 1.807) is 22.7 Å². The van der Waals surface area contributed by atoms with Crippen LogP contribution in [0.5, 0.6) is 5.19 Å². The van der Waals surface area contributed by atoms with Gasteiger partial charge >= 0.3 is 0 Å². The lowest BCUT2D eigenvalue weighted by Crippen LogP contribution is -2.38. The number of hydrogen-bond acceptors (Lipinski definition) is 7. The number of carbonyl (C=O) groups is 1. The van der Waals surface area contributed by atoms with Crippen LogP contribution in [0.2, 0.25) is 0 Å². The van der Waals surface area contributed by atoms with Gasteiger partial charge in [0.2, 0.25) is 5.91 Å². The van der Waals surface area contributed by atoms with Crippen LogP contribution < -0.4 is 10.1 Å². The molecule has 170 valence electrons. The second kappa shape index (κ2) is 10.9. The summed E-state index contributed by atoms with van der Waals surface area (Å²) in [4.78, 5) is 26.3. The summed E-state index contributed by atoms with van der Waals surface area (Å²) in [6.45, 7) is 8.09. The molecule has 0 atom stereocenters. The number of nitrogens with zero attached hydrogens (tertiary/aromatic N) is 3. The predicted octanol–water partition coefficient (Wildman–Crippen LogP) is 4.02. The molecule has 8 heteroatoms. The van der Waals surface area contributed by atoms with Gasteiger partial charge < -0.3 is 15.0 Å². The molecule has 0 saturated heterocycles. The van der Waals surface area contributed by atoms with Crippen molar-refractivity contribution < 1.29 is 9.53 Å². The zero-order valence-corrected chi connectivity index (χ0v) is 20.3. The lowest BCUT2D eigenvalue weighted by atomic mass is 9.84. The first-order valence-electron chi connectivity index (χ1n) is 11.6. The van der Waals surface area contributed by atoms with Gasteiger partial charge in [-0.25, -0.2) is 9.97 Å². The Balaban J connectivity index is 1.13. The third-order valence-electron chi connectivity index (χ3n) is 6.42. The monoisotopic (exact) mass is 462 g/mol. The predicted molar refractivity (Wildman–Crippen MR) is 126 cm³/mol. The van der Waals surface area contributed by atoms with E-state index in [0.29, 0.717) is 19.1 Å². The molecule has 0 aromatic carbocycles. The number of nitrogens with one attached hydrogen (secondary N) is 1. The van der Waals surface area contributed by atoms with Crippen LogP contribution in [-0.2, 0) is 24.1 Å². The summed E-state index contributed by atoms with van der Waals surface area (Å²) in [6.07, 6.45) is 10.4. The second-order valence-electron chi connectivity index (χ2n) is 8.72. The highest BCUT2D eigenvalue weighted by molar-refractivity contribution is 7.13. The van der Waals surface area contributed by atoms with E-state index in [1.807, 2.05) is 20.0 Å². The first-order valence-corrected chi connectivity index (χ1v) is 13.3. The maximum absolute atomic E-state index is 12.3. The topological polar surface area (TPSA) is 67.3 Å². The third kappa shape index (κ3) is 6.49. The summed E-state index contributed by atoms with van der Waals surface area (Å²) in [7, 11) is 0. The Morgan fingerprint density at radius 1 is 1.23 bits per heavy atom. The number of aryl methyl sites for hydroxylation is 1. The summed E-state index contributed by atoms with van der Waals surface area (Å²) in [5, 5.41) is 5.11. The van der Waals surface area contributed by atoms with E-state index in [9.17, 15) is 4.79 Å². The minimum atomic E-state index is 0.144. The largest absolute Gasteiger partial charge is 0.470 e. The van der Waals surface area contributed by atoms with Crippen LogP contribution in [0.15, 0.2) is 6.20 Å². The van der Waals surface area contributed by atoms with Crippen molar-refractivity contribution >= 4 is 28.6 Å². The standard InChI is InChI=1S/C23H34N4O2S2/c1-3-29-23-26-20-9-12-27(13-10-21(20)31-23)11-8-17-4-6-18(7-5-17)25-22(28)14-19-15-24-16(2)30-19/h15,17-18H,3-14H2,1-2H3,(H,25,28)/t17-,18-. The molecule has 1 amide bonds. The number of rotatable bonds is 8. The van der Waals surface area contributed by atoms with Crippen LogP contribution in [0.1, 0.15) is 59.5 Å². The summed E-state index contributed by atoms with van der Waals surface area (Å²) in [6, 6.07) is 0.345. The molecule has 3 heterocycles. The normalized spacial score (nSPS) is 22.0. The Morgan fingerprint density at radius 3 is 2.77 bits per heavy atom. The second-order valence-corrected chi connectivity index (χ2v) is 11.1. The number of amides is 1. The van der Waals surface area contributed by atoms with Gasteiger partial charge in [-0.05, 0) is 64.8 Å². The summed E-state index contributed by atoms with van der Waals surface area (Å²) in [5.41, 5.74) is 1.25. The van der Waals surface area contributed by atoms with Crippen LogP contribution in [0, 0.1) is 12.8 Å². The fraction of sp³-hybridized carbons (Fsp3) is 0.696. The first-order chi connectivity index (χ1) is 15.1. The quantitative estimate of drug-likeness (QED) is 0.642. The maximum atomic E-state index is 12.3. The van der Waals surface area contributed by atoms with Crippen molar-refractivity contribution in [3.05, 3.63) is 26.7 Å². The van der Waals surface area contributed by atoms with E-state index in [2.05, 4.69) is 20.2 Å². The summed E-state index contributed by atoms with van der Waals surface area (Å²) in [5.74, 6) is 0.933. The molecule has 2 aliphatic rings. The molecule has 6 nitrogen and oxygen atoms in total. The van der Waals surface area contributed by atoms with Crippen molar-refractivity contribution in [2.75, 3.05) is 26.2 Å². The zero-order chi connectivity index (χ0) is 21.6. The Hall–Kier alpha value is -1.51. The van der Waals surface area contributed by atoms with Crippen molar-refractivity contribution in [1.29, 1.82) is 0 Å². The smallest absolute Gasteiger partial charge is 0.273 e. The van der Waals surface area contributed by atoms with Crippen molar-refractivity contribution in [2.45, 2.75) is 71.3 Å². The Labute approximate surface area is 193 Å². The minimum absolute atomic E-state index is 0.144. The van der Waals surface area contributed by atoms with E-state index in [1.165, 1.54) is 36.4 Å². The van der Waals surface area contributed by atoms with Crippen LogP contribution in [0.25, 0.3) is 0 Å². The van der Waals surface area contributed by atoms with Gasteiger partial charge in [-0.15, -0.1) is 11.3 Å². The Bertz CT molecular complexity index is 832. The van der Waals surface area contributed by atoms with Gasteiger partial charge in [0, 0.05) is 41.5 Å². The molecule has 2 aromatic rings. The van der Waals surface area contributed by atoms with Crippen molar-refractivity contribution in [3.8, 4) is 5.19 Å². The van der Waals surface area contributed by atoms with Crippen LogP contribution in [-0.4, -0.2) is 53.1 Å². The number of hydrogen-bond donors (Lipinski definition) is 1. The molecular weight excluding hydrogens is 428 g/mol. The van der Waals surface area contributed by atoms with Crippen molar-refractivity contribution in [3.63, 3.8) is 0 Å². The van der Waals surface area contributed by atoms with Crippen LogP contribution in [0.4, 0.5) is 0 Å². The van der Waals surface area contributed by atoms with Gasteiger partial charge in [-0.2, -0.15) is 0 Å². The third-order valence-corrected chi connectivity index (χ3v) is 8.40. The lowest BCUT2D eigenvalue weighted by molar-refractivity contribution is -0.121. The summed E-state index contributed by atoms with van der Waals surface area (Å²) >= 11 is 3.34. The van der Waals surface area contributed by atoms with Gasteiger partial charge in [0.1, 0.15) is 0 Å². The highest BCUT2D eigenvalue weighted by Gasteiger charge is 2.24. The Morgan fingerprint density at radius 2 is 2.03 bits per heavy atom. The van der Waals surface area contributed by atoms with E-state index in [4.69, 9.17) is 4.74 Å².